The number of hydrogen-bond donors (Lipinski definition) is 2. The van der Waals surface area contributed by atoms with Gasteiger partial charge < -0.3 is 12.3 Å². The predicted octanol–water partition coefficient (Wildman–Crippen LogP) is 5.45. The van der Waals surface area contributed by atoms with Gasteiger partial charge in [-0.3, -0.25) is 0 Å². The van der Waals surface area contributed by atoms with Crippen molar-refractivity contribution < 1.29 is 65.4 Å². The molecule has 0 unspecified atom stereocenters. The van der Waals surface area contributed by atoms with E-state index in [1.54, 1.807) is 0 Å². The normalized spacial score (nSPS) is 6.00. The van der Waals surface area contributed by atoms with Crippen molar-refractivity contribution in [1.82, 2.24) is 12.3 Å². The van der Waals surface area contributed by atoms with Crippen LogP contribution in [0.15, 0.2) is 0 Å². The van der Waals surface area contributed by atoms with Crippen LogP contribution < -0.4 is 12.3 Å². The van der Waals surface area contributed by atoms with Gasteiger partial charge in [0, 0.05) is 65.4 Å². The molecule has 0 aliphatic heterocycles. The molecule has 0 saturated carbocycles. The minimum Gasteiger partial charge on any atom is -0.344 e. The molecule has 0 rings (SSSR count). The fraction of sp³-hybridized carbons (Fsp3) is 1.00. The molecule has 0 aromatic carbocycles. The van der Waals surface area contributed by atoms with Gasteiger partial charge in [-0.1, -0.05) is 62.8 Å². The summed E-state index contributed by atoms with van der Waals surface area (Å²) in [5.41, 5.74) is 0.550. The van der Waals surface area contributed by atoms with Crippen molar-refractivity contribution in [3.63, 3.8) is 0 Å². The van der Waals surface area contributed by atoms with Gasteiger partial charge in [0.15, 0.2) is 0 Å². The van der Waals surface area contributed by atoms with Gasteiger partial charge >= 0.3 is 0 Å². The molecule has 0 aromatic heterocycles. The molecular weight excluding hydrogens is 338 g/mol. The van der Waals surface area contributed by atoms with Crippen LogP contribution in [0.25, 0.3) is 0 Å². The third-order valence-corrected chi connectivity index (χ3v) is 1.000. The van der Waals surface area contributed by atoms with E-state index >= 15 is 0 Å². The van der Waals surface area contributed by atoms with E-state index in [0.717, 1.165) is 0 Å². The smallest absolute Gasteiger partial charge is 0 e. The van der Waals surface area contributed by atoms with Crippen LogP contribution in [0.5, 0.6) is 0 Å². The summed E-state index contributed by atoms with van der Waals surface area (Å²) < 4.78 is 0. The maximum Gasteiger partial charge on any atom is 0 e. The van der Waals surface area contributed by atoms with E-state index in [4.69, 9.17) is 0 Å². The summed E-state index contributed by atoms with van der Waals surface area (Å²) >= 11 is 0. The Bertz CT molecular complexity index is 55.0. The Labute approximate surface area is 150 Å². The molecule has 0 saturated heterocycles. The van der Waals surface area contributed by atoms with Crippen LogP contribution in [-0.2, 0) is 65.4 Å². The summed E-state index contributed by atoms with van der Waals surface area (Å²) in [6.45, 7) is 13.1. The van der Waals surface area contributed by atoms with Gasteiger partial charge in [0.25, 0.3) is 0 Å². The zero-order valence-corrected chi connectivity index (χ0v) is 16.2. The molecule has 0 atom stereocenters. The standard InChI is InChI=1S/C7H16.C2H6.2CH4.2H3N.2Y/c1-5-6-7(2,3)4;1-2;;;;;;/h5-6H2,1-4H3;1-2H3;2*1H4;2*1H3;;. The van der Waals surface area contributed by atoms with Gasteiger partial charge in [-0.05, 0) is 11.8 Å². The van der Waals surface area contributed by atoms with Crippen LogP contribution in [0, 0.1) is 5.41 Å². The summed E-state index contributed by atoms with van der Waals surface area (Å²) in [6.07, 6.45) is 2.65. The van der Waals surface area contributed by atoms with Gasteiger partial charge in [-0.2, -0.15) is 0 Å². The molecule has 96 valence electrons. The number of rotatable bonds is 1. The Morgan fingerprint density at radius 1 is 0.800 bits per heavy atom. The number of hydrogen-bond acceptors (Lipinski definition) is 2. The van der Waals surface area contributed by atoms with Gasteiger partial charge in [0.1, 0.15) is 0 Å². The van der Waals surface area contributed by atoms with E-state index in [1.807, 2.05) is 13.8 Å². The molecule has 2 radical (unpaired) electrons. The molecule has 0 amide bonds. The fourth-order valence-corrected chi connectivity index (χ4v) is 0.750. The molecule has 0 spiro atoms. The molecule has 0 fully saturated rings. The summed E-state index contributed by atoms with van der Waals surface area (Å²) in [7, 11) is 0. The summed E-state index contributed by atoms with van der Waals surface area (Å²) in [5.74, 6) is 0. The second-order valence-electron chi connectivity index (χ2n) is 3.31. The van der Waals surface area contributed by atoms with E-state index in [9.17, 15) is 0 Å². The second-order valence-corrected chi connectivity index (χ2v) is 3.31. The van der Waals surface area contributed by atoms with Crippen LogP contribution in [0.4, 0.5) is 0 Å². The first kappa shape index (κ1) is 53.5. The maximum atomic E-state index is 2.27. The maximum absolute atomic E-state index is 2.27. The van der Waals surface area contributed by atoms with Crippen LogP contribution in [0.1, 0.15) is 69.2 Å². The topological polar surface area (TPSA) is 70.0 Å². The van der Waals surface area contributed by atoms with Crippen molar-refractivity contribution in [3.8, 4) is 0 Å². The zero-order chi connectivity index (χ0) is 7.91. The van der Waals surface area contributed by atoms with Crippen LogP contribution >= 0.6 is 0 Å². The monoisotopic (exact) mass is 374 g/mol. The average Bonchev–Trinajstić information content (AvgIpc) is 1.69. The van der Waals surface area contributed by atoms with E-state index in [0.29, 0.717) is 5.41 Å². The van der Waals surface area contributed by atoms with Crippen molar-refractivity contribution in [2.45, 2.75) is 69.2 Å². The largest absolute Gasteiger partial charge is 0.344 e. The molecule has 0 bridgehead atoms. The molecule has 15 heavy (non-hydrogen) atoms. The van der Waals surface area contributed by atoms with Gasteiger partial charge in [-0.25, -0.2) is 0 Å². The van der Waals surface area contributed by atoms with Crippen molar-refractivity contribution >= 4 is 0 Å². The molecule has 2 nitrogen and oxygen atoms in total. The molecule has 0 aliphatic rings. The van der Waals surface area contributed by atoms with Crippen molar-refractivity contribution in [2.24, 2.45) is 5.41 Å². The van der Waals surface area contributed by atoms with Gasteiger partial charge in [0.2, 0.25) is 0 Å². The molecular formula is C11H36N2Y2. The van der Waals surface area contributed by atoms with E-state index < -0.39 is 0 Å². The first-order chi connectivity index (χ1) is 4.06. The Hall–Kier alpha value is 2.13. The SMILES string of the molecule is C.C.CC.CCCC(C)(C)C.N.N.[Y].[Y]. The molecule has 0 heterocycles. The van der Waals surface area contributed by atoms with Crippen molar-refractivity contribution in [1.29, 1.82) is 0 Å². The molecule has 4 heteroatoms. The van der Waals surface area contributed by atoms with E-state index in [1.165, 1.54) is 12.8 Å². The quantitative estimate of drug-likeness (QED) is 0.641. The molecule has 0 aromatic rings. The van der Waals surface area contributed by atoms with Crippen molar-refractivity contribution in [3.05, 3.63) is 0 Å². The first-order valence-electron chi connectivity index (χ1n) is 4.06. The summed E-state index contributed by atoms with van der Waals surface area (Å²) in [4.78, 5) is 0. The van der Waals surface area contributed by atoms with Gasteiger partial charge in [0.05, 0.1) is 0 Å². The first-order valence-corrected chi connectivity index (χ1v) is 4.06. The minimum atomic E-state index is 0. The van der Waals surface area contributed by atoms with E-state index in [-0.39, 0.29) is 92.6 Å². The Balaban J connectivity index is -0.00000000965. The Kier molecular flexibility index (Phi) is 128. The Morgan fingerprint density at radius 3 is 1.00 bits per heavy atom. The predicted molar refractivity (Wildman–Crippen MR) is 69.2 cm³/mol. The second kappa shape index (κ2) is 36.0. The average molecular weight is 374 g/mol. The van der Waals surface area contributed by atoms with Gasteiger partial charge in [-0.15, -0.1) is 0 Å². The molecule has 6 N–H and O–H groups in total. The van der Waals surface area contributed by atoms with Crippen LogP contribution in [-0.4, -0.2) is 0 Å². The summed E-state index contributed by atoms with van der Waals surface area (Å²) in [5, 5.41) is 0. The fourth-order valence-electron chi connectivity index (χ4n) is 0.750. The van der Waals surface area contributed by atoms with Crippen molar-refractivity contribution in [2.75, 3.05) is 0 Å². The van der Waals surface area contributed by atoms with Crippen LogP contribution in [0.3, 0.4) is 0 Å². The minimum absolute atomic E-state index is 0. The van der Waals surface area contributed by atoms with E-state index in [2.05, 4.69) is 27.7 Å². The third-order valence-electron chi connectivity index (χ3n) is 1.000. The third kappa shape index (κ3) is 85.7. The summed E-state index contributed by atoms with van der Waals surface area (Å²) in [6, 6.07) is 0. The zero-order valence-electron chi connectivity index (χ0n) is 10.5. The van der Waals surface area contributed by atoms with Crippen LogP contribution in [0.2, 0.25) is 0 Å². The molecule has 0 aliphatic carbocycles. The Morgan fingerprint density at radius 2 is 1.00 bits per heavy atom.